The van der Waals surface area contributed by atoms with Gasteiger partial charge in [-0.1, -0.05) is 6.42 Å². The molecule has 0 saturated heterocycles. The van der Waals surface area contributed by atoms with Crippen LogP contribution in [0.4, 0.5) is 0 Å². The largest absolute Gasteiger partial charge is 0.465 e. The fraction of sp³-hybridized carbons (Fsp3) is 0.286. The maximum Gasteiger partial charge on any atom is 0.249 e. The Morgan fingerprint density at radius 2 is 2.28 bits per heavy atom. The van der Waals surface area contributed by atoms with Gasteiger partial charge in [-0.15, -0.1) is 0 Å². The van der Waals surface area contributed by atoms with Crippen LogP contribution in [-0.4, -0.2) is 15.7 Å². The molecule has 2 aromatic rings. The van der Waals surface area contributed by atoms with Gasteiger partial charge in [-0.05, 0) is 43.2 Å². The first-order chi connectivity index (χ1) is 8.83. The minimum absolute atomic E-state index is 0.110. The second-order valence-corrected chi connectivity index (χ2v) is 4.50. The van der Waals surface area contributed by atoms with E-state index in [1.807, 2.05) is 30.4 Å². The summed E-state index contributed by atoms with van der Waals surface area (Å²) < 4.78 is 6.64. The van der Waals surface area contributed by atoms with Gasteiger partial charge in [0.1, 0.15) is 5.76 Å². The highest BCUT2D eigenvalue weighted by Gasteiger charge is 2.26. The third kappa shape index (κ3) is 2.14. The number of furan rings is 1. The topological polar surface area (TPSA) is 48.0 Å². The molecule has 0 N–H and O–H groups in total. The lowest BCUT2D eigenvalue weighted by atomic mass is 9.85. The minimum Gasteiger partial charge on any atom is -0.465 e. The van der Waals surface area contributed by atoms with Gasteiger partial charge in [-0.2, -0.15) is 5.10 Å². The number of carbonyl (C=O) groups is 1. The molecule has 0 aromatic carbocycles. The van der Waals surface area contributed by atoms with Gasteiger partial charge in [0.05, 0.1) is 12.0 Å². The molecule has 0 radical (unpaired) electrons. The second-order valence-electron chi connectivity index (χ2n) is 4.50. The molecule has 1 saturated carbocycles. The van der Waals surface area contributed by atoms with Crippen molar-refractivity contribution < 1.29 is 9.21 Å². The molecule has 2 heterocycles. The van der Waals surface area contributed by atoms with Gasteiger partial charge in [-0.25, -0.2) is 4.68 Å². The van der Waals surface area contributed by atoms with Gasteiger partial charge in [0.2, 0.25) is 5.91 Å². The molecule has 3 rings (SSSR count). The summed E-state index contributed by atoms with van der Waals surface area (Å²) in [5.74, 6) is 1.06. The van der Waals surface area contributed by atoms with Gasteiger partial charge in [0.25, 0.3) is 0 Å². The Morgan fingerprint density at radius 1 is 1.39 bits per heavy atom. The van der Waals surface area contributed by atoms with E-state index in [2.05, 4.69) is 5.10 Å². The molecule has 4 nitrogen and oxygen atoms in total. The van der Waals surface area contributed by atoms with E-state index in [-0.39, 0.29) is 11.8 Å². The molecule has 1 aliphatic rings. The summed E-state index contributed by atoms with van der Waals surface area (Å²) in [5.41, 5.74) is 0.763. The summed E-state index contributed by atoms with van der Waals surface area (Å²) in [5, 5.41) is 4.25. The Bertz CT molecular complexity index is 562. The van der Waals surface area contributed by atoms with Crippen molar-refractivity contribution in [1.29, 1.82) is 0 Å². The Morgan fingerprint density at radius 3 is 2.94 bits per heavy atom. The summed E-state index contributed by atoms with van der Waals surface area (Å²) >= 11 is 0. The van der Waals surface area contributed by atoms with Crippen LogP contribution in [0.1, 0.15) is 35.5 Å². The summed E-state index contributed by atoms with van der Waals surface area (Å²) in [4.78, 5) is 11.9. The van der Waals surface area contributed by atoms with Gasteiger partial charge >= 0.3 is 0 Å². The molecule has 0 spiro atoms. The number of nitrogens with zero attached hydrogens (tertiary/aromatic N) is 2. The van der Waals surface area contributed by atoms with Crippen molar-refractivity contribution in [3.05, 3.63) is 42.1 Å². The van der Waals surface area contributed by atoms with Gasteiger partial charge in [0.15, 0.2) is 0 Å². The molecule has 0 amide bonds. The van der Waals surface area contributed by atoms with Gasteiger partial charge in [0, 0.05) is 12.1 Å². The normalized spacial score (nSPS) is 16.0. The Labute approximate surface area is 105 Å². The van der Waals surface area contributed by atoms with Crippen LogP contribution >= 0.6 is 0 Å². The molecule has 0 aliphatic heterocycles. The van der Waals surface area contributed by atoms with Crippen LogP contribution in [-0.2, 0) is 0 Å². The maximum absolute atomic E-state index is 11.9. The highest BCUT2D eigenvalue weighted by Crippen LogP contribution is 2.27. The van der Waals surface area contributed by atoms with E-state index in [0.717, 1.165) is 30.7 Å². The molecule has 0 bridgehead atoms. The van der Waals surface area contributed by atoms with E-state index in [0.29, 0.717) is 0 Å². The third-order valence-corrected chi connectivity index (χ3v) is 3.25. The standard InChI is InChI=1S/C14H14N2O2/c17-14(11-3-1-4-11)16-9-8-12(15-16)6-7-13-5-2-10-18-13/h2,5-11H,1,3-4H2. The monoisotopic (exact) mass is 242 g/mol. The number of hydrogen-bond donors (Lipinski definition) is 0. The van der Waals surface area contributed by atoms with Crippen LogP contribution in [0.25, 0.3) is 12.2 Å². The zero-order valence-corrected chi connectivity index (χ0v) is 9.95. The average Bonchev–Trinajstić information content (AvgIpc) is 2.95. The van der Waals surface area contributed by atoms with Crippen molar-refractivity contribution in [2.45, 2.75) is 19.3 Å². The maximum atomic E-state index is 11.9. The SMILES string of the molecule is O=C(C1CCC1)n1ccc(C=Cc2ccco2)n1. The zero-order chi connectivity index (χ0) is 12.4. The second kappa shape index (κ2) is 4.64. The Hall–Kier alpha value is -2.10. The van der Waals surface area contributed by atoms with E-state index < -0.39 is 0 Å². The molecular weight excluding hydrogens is 228 g/mol. The highest BCUT2D eigenvalue weighted by atomic mass is 16.3. The summed E-state index contributed by atoms with van der Waals surface area (Å²) in [6, 6.07) is 5.53. The lowest BCUT2D eigenvalue weighted by Crippen LogP contribution is -2.27. The molecular formula is C14H14N2O2. The summed E-state index contributed by atoms with van der Waals surface area (Å²) in [6.07, 6.45) is 10.2. The molecule has 0 atom stereocenters. The molecule has 18 heavy (non-hydrogen) atoms. The van der Waals surface area contributed by atoms with Crippen LogP contribution in [0.2, 0.25) is 0 Å². The zero-order valence-electron chi connectivity index (χ0n) is 9.95. The molecule has 0 unspecified atom stereocenters. The fourth-order valence-electron chi connectivity index (χ4n) is 1.95. The molecule has 4 heteroatoms. The number of hydrogen-bond acceptors (Lipinski definition) is 3. The van der Waals surface area contributed by atoms with Crippen molar-refractivity contribution in [2.24, 2.45) is 5.92 Å². The predicted octanol–water partition coefficient (Wildman–Crippen LogP) is 3.09. The van der Waals surface area contributed by atoms with Crippen molar-refractivity contribution in [3.63, 3.8) is 0 Å². The average molecular weight is 242 g/mol. The Kier molecular flexibility index (Phi) is 2.84. The number of rotatable bonds is 3. The van der Waals surface area contributed by atoms with E-state index in [9.17, 15) is 4.79 Å². The van der Waals surface area contributed by atoms with Crippen molar-refractivity contribution in [2.75, 3.05) is 0 Å². The lowest BCUT2D eigenvalue weighted by Gasteiger charge is -2.22. The van der Waals surface area contributed by atoms with Crippen LogP contribution < -0.4 is 0 Å². The molecule has 1 fully saturated rings. The van der Waals surface area contributed by atoms with E-state index in [1.54, 1.807) is 12.5 Å². The minimum atomic E-state index is 0.110. The Balaban J connectivity index is 1.71. The van der Waals surface area contributed by atoms with E-state index >= 15 is 0 Å². The van der Waals surface area contributed by atoms with Crippen LogP contribution in [0.15, 0.2) is 35.1 Å². The van der Waals surface area contributed by atoms with Crippen molar-refractivity contribution >= 4 is 18.1 Å². The third-order valence-electron chi connectivity index (χ3n) is 3.25. The first kappa shape index (κ1) is 11.0. The van der Waals surface area contributed by atoms with Gasteiger partial charge < -0.3 is 4.42 Å². The van der Waals surface area contributed by atoms with Crippen molar-refractivity contribution in [1.82, 2.24) is 9.78 Å². The fourth-order valence-corrected chi connectivity index (χ4v) is 1.95. The quantitative estimate of drug-likeness (QED) is 0.831. The molecule has 2 aromatic heterocycles. The first-order valence-electron chi connectivity index (χ1n) is 6.14. The summed E-state index contributed by atoms with van der Waals surface area (Å²) in [6.45, 7) is 0. The number of carbonyl (C=O) groups excluding carboxylic acids is 1. The van der Waals surface area contributed by atoms with Gasteiger partial charge in [-0.3, -0.25) is 4.79 Å². The van der Waals surface area contributed by atoms with Crippen molar-refractivity contribution in [3.8, 4) is 0 Å². The lowest BCUT2D eigenvalue weighted by molar-refractivity contribution is 0.0747. The predicted molar refractivity (Wildman–Crippen MR) is 67.8 cm³/mol. The van der Waals surface area contributed by atoms with Crippen LogP contribution in [0, 0.1) is 5.92 Å². The van der Waals surface area contributed by atoms with E-state index in [1.165, 1.54) is 4.68 Å². The highest BCUT2D eigenvalue weighted by molar-refractivity contribution is 5.81. The van der Waals surface area contributed by atoms with Crippen LogP contribution in [0.5, 0.6) is 0 Å². The van der Waals surface area contributed by atoms with E-state index in [4.69, 9.17) is 4.42 Å². The van der Waals surface area contributed by atoms with Crippen LogP contribution in [0.3, 0.4) is 0 Å². The summed E-state index contributed by atoms with van der Waals surface area (Å²) in [7, 11) is 0. The number of aromatic nitrogens is 2. The molecule has 92 valence electrons. The smallest absolute Gasteiger partial charge is 0.249 e. The molecule has 1 aliphatic carbocycles. The first-order valence-corrected chi connectivity index (χ1v) is 6.14.